The lowest BCUT2D eigenvalue weighted by atomic mass is 10.6. The Morgan fingerprint density at radius 1 is 1.60 bits per heavy atom. The first-order valence-corrected chi connectivity index (χ1v) is 4.29. The van der Waals surface area contributed by atoms with Crippen LogP contribution in [0.15, 0.2) is 31.4 Å². The second-order valence-electron chi connectivity index (χ2n) is 2.57. The van der Waals surface area contributed by atoms with Crippen LogP contribution in [0.4, 0.5) is 4.79 Å². The number of carbonyl (C=O) groups is 2. The minimum Gasteiger partial charge on any atom is -0.461 e. The topological polar surface area (TPSA) is 73.2 Å². The van der Waals surface area contributed by atoms with E-state index in [4.69, 9.17) is 0 Å². The summed E-state index contributed by atoms with van der Waals surface area (Å²) in [6, 6.07) is -0.317. The number of aromatic nitrogens is 2. The fourth-order valence-corrected chi connectivity index (χ4v) is 0.839. The summed E-state index contributed by atoms with van der Waals surface area (Å²) >= 11 is 0. The normalized spacial score (nSPS) is 9.33. The fraction of sp³-hybridized carbons (Fsp3) is 0.222. The molecule has 1 N–H and O–H groups in total. The lowest BCUT2D eigenvalue weighted by Crippen LogP contribution is -2.31. The molecule has 1 rings (SSSR count). The Kier molecular flexibility index (Phi) is 4.08. The van der Waals surface area contributed by atoms with Crippen LogP contribution in [0.3, 0.4) is 0 Å². The lowest BCUT2D eigenvalue weighted by Gasteiger charge is -2.04. The number of esters is 1. The van der Waals surface area contributed by atoms with Crippen molar-refractivity contribution >= 4 is 12.0 Å². The number of hydrogen-bond acceptors (Lipinski definition) is 4. The third kappa shape index (κ3) is 3.63. The van der Waals surface area contributed by atoms with Crippen molar-refractivity contribution in [2.45, 2.75) is 0 Å². The van der Waals surface area contributed by atoms with Gasteiger partial charge in [0.05, 0.1) is 6.54 Å². The summed E-state index contributed by atoms with van der Waals surface area (Å²) in [5, 5.41) is 2.54. The number of carbonyl (C=O) groups excluding carboxylic acids is 2. The van der Waals surface area contributed by atoms with Crippen LogP contribution in [0.25, 0.3) is 0 Å². The molecular formula is C9H11N3O3. The Balaban J connectivity index is 2.18. The Bertz CT molecular complexity index is 345. The zero-order chi connectivity index (χ0) is 11.1. The van der Waals surface area contributed by atoms with Crippen molar-refractivity contribution in [3.8, 4) is 0 Å². The molecule has 1 aromatic rings. The van der Waals surface area contributed by atoms with Crippen molar-refractivity contribution in [3.05, 3.63) is 31.4 Å². The van der Waals surface area contributed by atoms with Crippen molar-refractivity contribution < 1.29 is 14.3 Å². The molecule has 6 nitrogen and oxygen atoms in total. The third-order valence-corrected chi connectivity index (χ3v) is 1.53. The molecule has 0 aliphatic carbocycles. The molecule has 0 aliphatic rings. The Labute approximate surface area is 86.6 Å². The van der Waals surface area contributed by atoms with Crippen LogP contribution in [0.1, 0.15) is 0 Å². The van der Waals surface area contributed by atoms with Crippen LogP contribution in [-0.2, 0) is 9.53 Å². The number of ether oxygens (including phenoxy) is 1. The van der Waals surface area contributed by atoms with Crippen molar-refractivity contribution in [1.82, 2.24) is 14.9 Å². The zero-order valence-electron chi connectivity index (χ0n) is 8.05. The zero-order valence-corrected chi connectivity index (χ0v) is 8.05. The van der Waals surface area contributed by atoms with Gasteiger partial charge in [0.2, 0.25) is 0 Å². The fourth-order valence-electron chi connectivity index (χ4n) is 0.839. The summed E-state index contributed by atoms with van der Waals surface area (Å²) in [6.45, 7) is 3.60. The van der Waals surface area contributed by atoms with Crippen LogP contribution < -0.4 is 5.32 Å². The van der Waals surface area contributed by atoms with Gasteiger partial charge in [-0.25, -0.2) is 14.6 Å². The molecule has 1 heterocycles. The van der Waals surface area contributed by atoms with Gasteiger partial charge in [0, 0.05) is 18.5 Å². The first kappa shape index (κ1) is 11.0. The monoisotopic (exact) mass is 209 g/mol. The van der Waals surface area contributed by atoms with E-state index in [1.807, 2.05) is 0 Å². The molecule has 80 valence electrons. The third-order valence-electron chi connectivity index (χ3n) is 1.53. The van der Waals surface area contributed by atoms with Gasteiger partial charge >= 0.3 is 12.0 Å². The molecule has 1 amide bonds. The van der Waals surface area contributed by atoms with Crippen LogP contribution in [-0.4, -0.2) is 34.7 Å². The molecule has 6 heteroatoms. The van der Waals surface area contributed by atoms with Gasteiger partial charge in [0.1, 0.15) is 12.9 Å². The van der Waals surface area contributed by atoms with E-state index in [2.05, 4.69) is 21.6 Å². The highest BCUT2D eigenvalue weighted by molar-refractivity contribution is 5.81. The summed E-state index contributed by atoms with van der Waals surface area (Å²) in [4.78, 5) is 25.6. The van der Waals surface area contributed by atoms with Gasteiger partial charge < -0.3 is 10.1 Å². The molecule has 15 heavy (non-hydrogen) atoms. The number of nitrogens with zero attached hydrogens (tertiary/aromatic N) is 2. The second kappa shape index (κ2) is 5.58. The predicted molar refractivity (Wildman–Crippen MR) is 52.2 cm³/mol. The Hall–Kier alpha value is -2.11. The van der Waals surface area contributed by atoms with Gasteiger partial charge in [-0.05, 0) is 0 Å². The Morgan fingerprint density at radius 2 is 2.40 bits per heavy atom. The van der Waals surface area contributed by atoms with Crippen LogP contribution in [0.5, 0.6) is 0 Å². The van der Waals surface area contributed by atoms with E-state index in [1.54, 1.807) is 0 Å². The van der Waals surface area contributed by atoms with E-state index in [-0.39, 0.29) is 19.2 Å². The van der Waals surface area contributed by atoms with Crippen molar-refractivity contribution in [1.29, 1.82) is 0 Å². The molecule has 0 spiro atoms. The maximum atomic E-state index is 11.3. The summed E-state index contributed by atoms with van der Waals surface area (Å²) < 4.78 is 5.95. The molecule has 0 aromatic carbocycles. The van der Waals surface area contributed by atoms with Crippen molar-refractivity contribution in [2.24, 2.45) is 0 Å². The highest BCUT2D eigenvalue weighted by Gasteiger charge is 2.02. The van der Waals surface area contributed by atoms with Gasteiger partial charge in [-0.15, -0.1) is 0 Å². The van der Waals surface area contributed by atoms with E-state index in [0.29, 0.717) is 0 Å². The summed E-state index contributed by atoms with van der Waals surface area (Å²) in [5.74, 6) is -0.508. The molecule has 0 fully saturated rings. The van der Waals surface area contributed by atoms with Crippen LogP contribution in [0.2, 0.25) is 0 Å². The van der Waals surface area contributed by atoms with Crippen LogP contribution >= 0.6 is 0 Å². The molecule has 0 saturated carbocycles. The summed E-state index contributed by atoms with van der Waals surface area (Å²) in [7, 11) is 0. The van der Waals surface area contributed by atoms with E-state index in [1.165, 1.54) is 23.3 Å². The maximum Gasteiger partial charge on any atom is 0.330 e. The van der Waals surface area contributed by atoms with Gasteiger partial charge in [-0.3, -0.25) is 4.57 Å². The van der Waals surface area contributed by atoms with Crippen molar-refractivity contribution in [3.63, 3.8) is 0 Å². The van der Waals surface area contributed by atoms with Crippen LogP contribution in [0, 0.1) is 0 Å². The molecule has 0 saturated heterocycles. The largest absolute Gasteiger partial charge is 0.461 e. The highest BCUT2D eigenvalue weighted by Crippen LogP contribution is 1.84. The summed E-state index contributed by atoms with van der Waals surface area (Å²) in [6.07, 6.45) is 5.46. The SMILES string of the molecule is C=CC(=O)OCCNC(=O)n1ccnc1. The lowest BCUT2D eigenvalue weighted by molar-refractivity contribution is -0.137. The number of amides is 1. The van der Waals surface area contributed by atoms with Gasteiger partial charge in [0.15, 0.2) is 0 Å². The molecule has 0 aliphatic heterocycles. The first-order valence-electron chi connectivity index (χ1n) is 4.29. The van der Waals surface area contributed by atoms with Gasteiger partial charge in [-0.1, -0.05) is 6.58 Å². The molecule has 0 radical (unpaired) electrons. The highest BCUT2D eigenvalue weighted by atomic mass is 16.5. The standard InChI is InChI=1S/C9H11N3O3/c1-2-8(13)15-6-4-11-9(14)12-5-3-10-7-12/h2-3,5,7H,1,4,6H2,(H,11,14). The summed E-state index contributed by atoms with van der Waals surface area (Å²) in [5.41, 5.74) is 0. The van der Waals surface area contributed by atoms with Gasteiger partial charge in [0.25, 0.3) is 0 Å². The minimum absolute atomic E-state index is 0.116. The number of hydrogen-bond donors (Lipinski definition) is 1. The van der Waals surface area contributed by atoms with E-state index < -0.39 is 5.97 Å². The van der Waals surface area contributed by atoms with E-state index in [0.717, 1.165) is 6.08 Å². The Morgan fingerprint density at radius 3 is 3.00 bits per heavy atom. The quantitative estimate of drug-likeness (QED) is 0.436. The second-order valence-corrected chi connectivity index (χ2v) is 2.57. The van der Waals surface area contributed by atoms with Gasteiger partial charge in [-0.2, -0.15) is 0 Å². The average Bonchev–Trinajstić information content (AvgIpc) is 2.77. The molecular weight excluding hydrogens is 198 g/mol. The number of rotatable bonds is 4. The first-order chi connectivity index (χ1) is 7.24. The number of imidazole rings is 1. The van der Waals surface area contributed by atoms with Crippen molar-refractivity contribution in [2.75, 3.05) is 13.2 Å². The predicted octanol–water partition coefficient (Wildman–Crippen LogP) is 0.170. The maximum absolute atomic E-state index is 11.3. The minimum atomic E-state index is -0.508. The van der Waals surface area contributed by atoms with E-state index in [9.17, 15) is 9.59 Å². The number of nitrogens with one attached hydrogen (secondary N) is 1. The smallest absolute Gasteiger partial charge is 0.330 e. The molecule has 0 atom stereocenters. The molecule has 0 unspecified atom stereocenters. The molecule has 0 bridgehead atoms. The molecule has 1 aromatic heterocycles. The average molecular weight is 209 g/mol. The van der Waals surface area contributed by atoms with E-state index >= 15 is 0 Å².